The van der Waals surface area contributed by atoms with Gasteiger partial charge in [-0.05, 0) is 31.5 Å². The molecule has 0 aliphatic heterocycles. The average molecular weight is 384 g/mol. The molecule has 1 aromatic carbocycles. The van der Waals surface area contributed by atoms with Gasteiger partial charge in [-0.2, -0.15) is 4.99 Å². The van der Waals surface area contributed by atoms with Gasteiger partial charge in [-0.25, -0.2) is 8.42 Å². The molecule has 136 valence electrons. The lowest BCUT2D eigenvalue weighted by molar-refractivity contribution is -0.116. The molecule has 0 saturated carbocycles. The lowest BCUT2D eigenvalue weighted by Crippen LogP contribution is -2.24. The van der Waals surface area contributed by atoms with Gasteiger partial charge in [0.2, 0.25) is 15.0 Å². The fourth-order valence-corrected chi connectivity index (χ4v) is 3.95. The second-order valence-corrected chi connectivity index (χ2v) is 8.56. The van der Waals surface area contributed by atoms with Crippen LogP contribution in [0.1, 0.15) is 19.4 Å². The minimum absolute atomic E-state index is 0.393. The molecule has 0 radical (unpaired) electrons. The van der Waals surface area contributed by atoms with Gasteiger partial charge in [0.15, 0.2) is 4.80 Å². The molecule has 0 unspecified atom stereocenters. The van der Waals surface area contributed by atoms with Crippen LogP contribution in [-0.2, 0) is 30.7 Å². The second kappa shape index (κ2) is 8.03. The molecular weight excluding hydrogens is 364 g/mol. The van der Waals surface area contributed by atoms with Crippen molar-refractivity contribution in [3.8, 4) is 0 Å². The molecule has 0 N–H and O–H groups in total. The summed E-state index contributed by atoms with van der Waals surface area (Å²) in [6.07, 6.45) is 0. The minimum atomic E-state index is -4.10. The molecule has 0 spiro atoms. The summed E-state index contributed by atoms with van der Waals surface area (Å²) in [6.45, 7) is 6.29. The first-order chi connectivity index (χ1) is 11.7. The van der Waals surface area contributed by atoms with Gasteiger partial charge in [0, 0.05) is 20.1 Å². The molecule has 0 aliphatic carbocycles. The Bertz CT molecular complexity index is 970. The maximum Gasteiger partial charge on any atom is 0.264 e. The molecule has 0 atom stereocenters. The quantitative estimate of drug-likeness (QED) is 0.702. The monoisotopic (exact) mass is 384 g/mol. The third-order valence-corrected chi connectivity index (χ3v) is 6.02. The zero-order valence-electron chi connectivity index (χ0n) is 14.3. The van der Waals surface area contributed by atoms with Crippen LogP contribution in [0.3, 0.4) is 0 Å². The van der Waals surface area contributed by atoms with Gasteiger partial charge < -0.3 is 9.30 Å². The lowest BCUT2D eigenvalue weighted by Gasteiger charge is -2.05. The van der Waals surface area contributed by atoms with Crippen molar-refractivity contribution in [1.82, 2.24) is 4.57 Å². The van der Waals surface area contributed by atoms with Gasteiger partial charge in [0.25, 0.3) is 5.91 Å². The van der Waals surface area contributed by atoms with Crippen LogP contribution in [0.15, 0.2) is 23.2 Å². The van der Waals surface area contributed by atoms with E-state index < -0.39 is 26.6 Å². The topological polar surface area (TPSA) is 94.8 Å². The minimum Gasteiger partial charge on any atom is -0.380 e. The average Bonchev–Trinajstić information content (AvgIpc) is 2.83. The maximum absolute atomic E-state index is 12.0. The molecule has 0 aliphatic rings. The Morgan fingerprint density at radius 2 is 2.04 bits per heavy atom. The number of hydrogen-bond acceptors (Lipinski definition) is 6. The third-order valence-electron chi connectivity index (χ3n) is 3.47. The van der Waals surface area contributed by atoms with Crippen molar-refractivity contribution in [3.63, 3.8) is 0 Å². The van der Waals surface area contributed by atoms with Gasteiger partial charge in [-0.3, -0.25) is 9.59 Å². The molecule has 1 heterocycles. The fraction of sp³-hybridized carbons (Fsp3) is 0.438. The molecular formula is C16H20N2O5S2. The normalized spacial score (nSPS) is 12.7. The number of hydrogen-bond donors (Lipinski definition) is 0. The first kappa shape index (κ1) is 19.5. The number of aryl methyl sites for hydroxylation is 1. The summed E-state index contributed by atoms with van der Waals surface area (Å²) in [5.41, 5.74) is 1.97. The molecule has 0 bridgehead atoms. The predicted octanol–water partition coefficient (Wildman–Crippen LogP) is 1.44. The van der Waals surface area contributed by atoms with Gasteiger partial charge in [0.1, 0.15) is 5.75 Å². The Balaban J connectivity index is 2.46. The zero-order valence-corrected chi connectivity index (χ0v) is 15.9. The maximum atomic E-state index is 12.0. The highest BCUT2D eigenvalue weighted by atomic mass is 32.2. The van der Waals surface area contributed by atoms with Gasteiger partial charge in [0.05, 0.1) is 16.8 Å². The van der Waals surface area contributed by atoms with E-state index in [4.69, 9.17) is 4.74 Å². The zero-order chi connectivity index (χ0) is 18.6. The highest BCUT2D eigenvalue weighted by Crippen LogP contribution is 2.19. The van der Waals surface area contributed by atoms with Crippen molar-refractivity contribution in [2.24, 2.45) is 4.99 Å². The Morgan fingerprint density at radius 3 is 2.68 bits per heavy atom. The summed E-state index contributed by atoms with van der Waals surface area (Å²) in [7, 11) is -4.10. The summed E-state index contributed by atoms with van der Waals surface area (Å²) >= 11 is 1.30. The van der Waals surface area contributed by atoms with E-state index in [2.05, 4.69) is 4.99 Å². The van der Waals surface area contributed by atoms with Crippen LogP contribution in [0.25, 0.3) is 10.2 Å². The number of fused-ring (bicyclic) bond motifs is 1. The van der Waals surface area contributed by atoms with Crippen molar-refractivity contribution < 1.29 is 22.7 Å². The van der Waals surface area contributed by atoms with E-state index in [0.29, 0.717) is 24.6 Å². The fourth-order valence-electron chi connectivity index (χ4n) is 2.19. The van der Waals surface area contributed by atoms with Crippen LogP contribution in [0, 0.1) is 6.92 Å². The summed E-state index contributed by atoms with van der Waals surface area (Å²) in [4.78, 5) is 27.4. The highest BCUT2D eigenvalue weighted by Gasteiger charge is 2.21. The summed E-state index contributed by atoms with van der Waals surface area (Å²) in [6, 6.07) is 5.87. The van der Waals surface area contributed by atoms with Crippen LogP contribution in [0.5, 0.6) is 0 Å². The molecule has 2 rings (SSSR count). The SMILES string of the molecule is CCOCCn1c(=NC(=O)CS(=O)(=O)C(C)=O)sc2cc(C)ccc21. The van der Waals surface area contributed by atoms with E-state index in [0.717, 1.165) is 22.7 Å². The smallest absolute Gasteiger partial charge is 0.264 e. The number of carbonyl (C=O) groups excluding carboxylic acids is 2. The van der Waals surface area contributed by atoms with Crippen molar-refractivity contribution >= 4 is 42.4 Å². The van der Waals surface area contributed by atoms with E-state index in [1.165, 1.54) is 11.3 Å². The molecule has 25 heavy (non-hydrogen) atoms. The lowest BCUT2D eigenvalue weighted by atomic mass is 10.2. The van der Waals surface area contributed by atoms with Crippen LogP contribution >= 0.6 is 11.3 Å². The number of amides is 1. The van der Waals surface area contributed by atoms with Crippen LogP contribution in [0.2, 0.25) is 0 Å². The van der Waals surface area contributed by atoms with E-state index in [-0.39, 0.29) is 0 Å². The molecule has 1 amide bonds. The predicted molar refractivity (Wildman–Crippen MR) is 96.1 cm³/mol. The van der Waals surface area contributed by atoms with E-state index in [9.17, 15) is 18.0 Å². The van der Waals surface area contributed by atoms with Gasteiger partial charge in [-0.1, -0.05) is 17.4 Å². The van der Waals surface area contributed by atoms with E-state index in [1.54, 1.807) is 0 Å². The number of sulfone groups is 1. The summed E-state index contributed by atoms with van der Waals surface area (Å²) in [5.74, 6) is -1.77. The van der Waals surface area contributed by atoms with E-state index in [1.807, 2.05) is 36.6 Å². The first-order valence-electron chi connectivity index (χ1n) is 7.73. The van der Waals surface area contributed by atoms with Crippen molar-refractivity contribution in [3.05, 3.63) is 28.6 Å². The van der Waals surface area contributed by atoms with Gasteiger partial charge in [-0.15, -0.1) is 0 Å². The highest BCUT2D eigenvalue weighted by molar-refractivity contribution is 8.06. The Morgan fingerprint density at radius 1 is 1.32 bits per heavy atom. The number of ether oxygens (including phenoxy) is 1. The van der Waals surface area contributed by atoms with Crippen LogP contribution in [0.4, 0.5) is 0 Å². The third kappa shape index (κ3) is 4.83. The number of rotatable bonds is 6. The Kier molecular flexibility index (Phi) is 6.26. The number of nitrogens with zero attached hydrogens (tertiary/aromatic N) is 2. The van der Waals surface area contributed by atoms with Crippen molar-refractivity contribution in [2.45, 2.75) is 27.3 Å². The molecule has 2 aromatic rings. The molecule has 1 aromatic heterocycles. The van der Waals surface area contributed by atoms with Crippen molar-refractivity contribution in [2.75, 3.05) is 19.0 Å². The van der Waals surface area contributed by atoms with Crippen molar-refractivity contribution in [1.29, 1.82) is 0 Å². The second-order valence-electron chi connectivity index (χ2n) is 5.46. The Labute approximate surface area is 149 Å². The molecule has 7 nitrogen and oxygen atoms in total. The molecule has 0 fully saturated rings. The Hall–Kier alpha value is -1.84. The standard InChI is InChI=1S/C16H20N2O5S2/c1-4-23-8-7-18-13-6-5-11(2)9-14(13)24-16(18)17-15(20)10-25(21,22)12(3)19/h5-6,9H,4,7-8,10H2,1-3H3. The molecule has 9 heteroatoms. The van der Waals surface area contributed by atoms with Gasteiger partial charge >= 0.3 is 0 Å². The van der Waals surface area contributed by atoms with Crippen LogP contribution < -0.4 is 4.80 Å². The first-order valence-corrected chi connectivity index (χ1v) is 10.2. The van der Waals surface area contributed by atoms with E-state index >= 15 is 0 Å². The van der Waals surface area contributed by atoms with Crippen LogP contribution in [-0.4, -0.2) is 43.0 Å². The number of carbonyl (C=O) groups is 2. The molecule has 0 saturated heterocycles. The summed E-state index contributed by atoms with van der Waals surface area (Å²) in [5, 5.41) is -1.03. The number of benzene rings is 1. The number of thiazole rings is 1. The summed E-state index contributed by atoms with van der Waals surface area (Å²) < 4.78 is 31.3. The number of aromatic nitrogens is 1. The largest absolute Gasteiger partial charge is 0.380 e.